The Bertz CT molecular complexity index is 896. The summed E-state index contributed by atoms with van der Waals surface area (Å²) >= 11 is 1.33. The summed E-state index contributed by atoms with van der Waals surface area (Å²) in [4.78, 5) is 29.0. The molecule has 2 atom stereocenters. The Morgan fingerprint density at radius 1 is 1.17 bits per heavy atom. The first-order valence-corrected chi connectivity index (χ1v) is 12.6. The third-order valence-electron chi connectivity index (χ3n) is 5.10. The molecular weight excluding hydrogens is 412 g/mol. The molecule has 3 rings (SSSR count). The van der Waals surface area contributed by atoms with Gasteiger partial charge in [-0.05, 0) is 37.0 Å². The summed E-state index contributed by atoms with van der Waals surface area (Å²) in [5.41, 5.74) is 2.06. The molecule has 2 heterocycles. The van der Waals surface area contributed by atoms with Crippen molar-refractivity contribution in [3.63, 3.8) is 0 Å². The Balaban J connectivity index is 1.81. The van der Waals surface area contributed by atoms with E-state index in [2.05, 4.69) is 11.9 Å². The number of amidine groups is 1. The highest BCUT2D eigenvalue weighted by Crippen LogP contribution is 2.41. The lowest BCUT2D eigenvalue weighted by Gasteiger charge is -2.24. The van der Waals surface area contributed by atoms with Gasteiger partial charge in [-0.25, -0.2) is 8.42 Å². The maximum absolute atomic E-state index is 12.2. The van der Waals surface area contributed by atoms with Gasteiger partial charge in [0, 0.05) is 23.8 Å². The van der Waals surface area contributed by atoms with Crippen LogP contribution < -0.4 is 4.90 Å². The van der Waals surface area contributed by atoms with Crippen LogP contribution in [0.4, 0.5) is 5.69 Å². The molecule has 2 saturated heterocycles. The highest BCUT2D eigenvalue weighted by molar-refractivity contribution is 8.16. The zero-order chi connectivity index (χ0) is 21.0. The molecule has 7 nitrogen and oxygen atoms in total. The maximum atomic E-state index is 12.2. The van der Waals surface area contributed by atoms with Gasteiger partial charge in [-0.3, -0.25) is 9.59 Å². The van der Waals surface area contributed by atoms with Gasteiger partial charge in [0.2, 0.25) is 5.91 Å². The van der Waals surface area contributed by atoms with Gasteiger partial charge in [-0.15, -0.1) is 0 Å². The minimum atomic E-state index is -3.11. The van der Waals surface area contributed by atoms with E-state index in [9.17, 15) is 18.0 Å². The lowest BCUT2D eigenvalue weighted by Crippen LogP contribution is -2.37. The van der Waals surface area contributed by atoms with Crippen molar-refractivity contribution in [2.45, 2.75) is 56.7 Å². The minimum Gasteiger partial charge on any atom is -0.481 e. The van der Waals surface area contributed by atoms with Gasteiger partial charge >= 0.3 is 5.97 Å². The van der Waals surface area contributed by atoms with Crippen LogP contribution in [0.25, 0.3) is 0 Å². The number of carboxylic acids is 1. The molecule has 158 valence electrons. The fourth-order valence-corrected chi connectivity index (χ4v) is 7.56. The fraction of sp³-hybridized carbons (Fsp3) is 0.550. The third kappa shape index (κ3) is 5.60. The zero-order valence-corrected chi connectivity index (χ0v) is 18.0. The van der Waals surface area contributed by atoms with Gasteiger partial charge in [0.25, 0.3) is 0 Å². The smallest absolute Gasteiger partial charge is 0.303 e. The van der Waals surface area contributed by atoms with Crippen LogP contribution in [0.2, 0.25) is 0 Å². The average Bonchev–Trinajstić information content (AvgIpc) is 3.11. The van der Waals surface area contributed by atoms with E-state index in [4.69, 9.17) is 5.11 Å². The minimum absolute atomic E-state index is 0.0501. The van der Waals surface area contributed by atoms with E-state index in [0.717, 1.165) is 24.9 Å². The molecule has 2 unspecified atom stereocenters. The summed E-state index contributed by atoms with van der Waals surface area (Å²) in [7, 11) is -3.11. The molecule has 1 aromatic rings. The normalized spacial score (nSPS) is 24.0. The first kappa shape index (κ1) is 21.8. The van der Waals surface area contributed by atoms with E-state index in [1.165, 1.54) is 17.3 Å². The molecule has 1 aromatic carbocycles. The third-order valence-corrected chi connectivity index (χ3v) is 8.31. The monoisotopic (exact) mass is 438 g/mol. The molecule has 2 aliphatic rings. The Morgan fingerprint density at radius 2 is 1.90 bits per heavy atom. The molecule has 0 bridgehead atoms. The number of sulfone groups is 1. The van der Waals surface area contributed by atoms with Gasteiger partial charge in [0.15, 0.2) is 15.0 Å². The predicted octanol–water partition coefficient (Wildman–Crippen LogP) is 2.89. The van der Waals surface area contributed by atoms with Crippen LogP contribution in [0, 0.1) is 0 Å². The van der Waals surface area contributed by atoms with Crippen LogP contribution in [0.1, 0.15) is 44.6 Å². The topological polar surface area (TPSA) is 104 Å². The molecule has 0 aliphatic carbocycles. The number of thioether (sulfide) groups is 1. The lowest BCUT2D eigenvalue weighted by molar-refractivity contribution is -0.137. The number of carboxylic acid groups (broad SMARTS) is 1. The number of hydrogen-bond acceptors (Lipinski definition) is 5. The number of benzene rings is 1. The van der Waals surface area contributed by atoms with Gasteiger partial charge in [0.1, 0.15) is 0 Å². The molecule has 0 radical (unpaired) electrons. The number of nitrogens with zero attached hydrogens (tertiary/aromatic N) is 2. The standard InChI is InChI=1S/C20H26N2O5S2/c1-2-3-5-14-8-10-15(11-9-14)22-16-12-29(26,27)13-17(16)28-20(22)21-18(23)6-4-7-19(24)25/h8-11,16-17H,2-7,12-13H2,1H3,(H,24,25). The molecule has 1 N–H and O–H groups in total. The van der Waals surface area contributed by atoms with Crippen LogP contribution in [-0.2, 0) is 25.8 Å². The number of carbonyl (C=O) groups is 2. The van der Waals surface area contributed by atoms with Crippen LogP contribution >= 0.6 is 11.8 Å². The SMILES string of the molecule is CCCCc1ccc(N2C(=NC(=O)CCCC(=O)O)SC3CS(=O)(=O)CC32)cc1. The fourth-order valence-electron chi connectivity index (χ4n) is 3.62. The Kier molecular flexibility index (Phi) is 7.00. The van der Waals surface area contributed by atoms with Crippen LogP contribution in [-0.4, -0.2) is 53.4 Å². The molecule has 1 amide bonds. The van der Waals surface area contributed by atoms with Crippen LogP contribution in [0.5, 0.6) is 0 Å². The second kappa shape index (κ2) is 9.30. The first-order chi connectivity index (χ1) is 13.8. The van der Waals surface area contributed by atoms with Crippen molar-refractivity contribution in [3.05, 3.63) is 29.8 Å². The van der Waals surface area contributed by atoms with Crippen molar-refractivity contribution in [3.8, 4) is 0 Å². The molecular formula is C20H26N2O5S2. The van der Waals surface area contributed by atoms with Gasteiger partial charge in [-0.2, -0.15) is 4.99 Å². The number of anilines is 1. The van der Waals surface area contributed by atoms with E-state index in [1.807, 2.05) is 29.2 Å². The summed E-state index contributed by atoms with van der Waals surface area (Å²) in [6.45, 7) is 2.15. The van der Waals surface area contributed by atoms with Crippen LogP contribution in [0.15, 0.2) is 29.3 Å². The largest absolute Gasteiger partial charge is 0.481 e. The molecule has 9 heteroatoms. The van der Waals surface area contributed by atoms with Crippen molar-refractivity contribution in [1.82, 2.24) is 0 Å². The molecule has 2 fully saturated rings. The van der Waals surface area contributed by atoms with Crippen molar-refractivity contribution in [1.29, 1.82) is 0 Å². The average molecular weight is 439 g/mol. The van der Waals surface area contributed by atoms with Crippen molar-refractivity contribution < 1.29 is 23.1 Å². The zero-order valence-electron chi connectivity index (χ0n) is 16.4. The van der Waals surface area contributed by atoms with Gasteiger partial charge < -0.3 is 10.0 Å². The number of amides is 1. The Labute approximate surface area is 175 Å². The summed E-state index contributed by atoms with van der Waals surface area (Å²) in [6, 6.07) is 7.77. The Hall–Kier alpha value is -1.87. The van der Waals surface area contributed by atoms with E-state index >= 15 is 0 Å². The van der Waals surface area contributed by atoms with E-state index in [1.54, 1.807) is 0 Å². The Morgan fingerprint density at radius 3 is 2.55 bits per heavy atom. The van der Waals surface area contributed by atoms with E-state index in [-0.39, 0.29) is 48.0 Å². The lowest BCUT2D eigenvalue weighted by atomic mass is 10.1. The second-order valence-electron chi connectivity index (χ2n) is 7.48. The number of aryl methyl sites for hydroxylation is 1. The van der Waals surface area contributed by atoms with Crippen LogP contribution in [0.3, 0.4) is 0 Å². The van der Waals surface area contributed by atoms with E-state index < -0.39 is 15.8 Å². The van der Waals surface area contributed by atoms with Gasteiger partial charge in [-0.1, -0.05) is 37.2 Å². The summed E-state index contributed by atoms with van der Waals surface area (Å²) in [5.74, 6) is -1.18. The second-order valence-corrected chi connectivity index (χ2v) is 10.8. The predicted molar refractivity (Wildman–Crippen MR) is 115 cm³/mol. The highest BCUT2D eigenvalue weighted by atomic mass is 32.2. The number of aliphatic carboxylic acids is 1. The molecule has 0 spiro atoms. The van der Waals surface area contributed by atoms with E-state index in [0.29, 0.717) is 5.17 Å². The number of unbranched alkanes of at least 4 members (excludes halogenated alkanes) is 1. The molecule has 29 heavy (non-hydrogen) atoms. The van der Waals surface area contributed by atoms with Gasteiger partial charge in [0.05, 0.1) is 17.5 Å². The number of aliphatic imine (C=N–C) groups is 1. The number of carbonyl (C=O) groups excluding carboxylic acids is 1. The summed E-state index contributed by atoms with van der Waals surface area (Å²) < 4.78 is 24.3. The quantitative estimate of drug-likeness (QED) is 0.665. The van der Waals surface area contributed by atoms with Crippen molar-refractivity contribution in [2.24, 2.45) is 4.99 Å². The molecule has 2 aliphatic heterocycles. The maximum Gasteiger partial charge on any atom is 0.303 e. The molecule has 0 aromatic heterocycles. The first-order valence-electron chi connectivity index (χ1n) is 9.87. The number of hydrogen-bond donors (Lipinski definition) is 1. The number of fused-ring (bicyclic) bond motifs is 1. The summed E-state index contributed by atoms with van der Waals surface area (Å²) in [5, 5.41) is 9.08. The van der Waals surface area contributed by atoms with Crippen molar-refractivity contribution >= 4 is 44.3 Å². The highest BCUT2D eigenvalue weighted by Gasteiger charge is 2.49. The number of rotatable bonds is 8. The van der Waals surface area contributed by atoms with Crippen molar-refractivity contribution in [2.75, 3.05) is 16.4 Å². The molecule has 0 saturated carbocycles. The summed E-state index contributed by atoms with van der Waals surface area (Å²) in [6.07, 6.45) is 3.45.